The van der Waals surface area contributed by atoms with Gasteiger partial charge in [0.05, 0.1) is 0 Å². The molecule has 0 spiro atoms. The molecule has 5 nitrogen and oxygen atoms in total. The van der Waals surface area contributed by atoms with Crippen molar-refractivity contribution in [1.29, 1.82) is 0 Å². The lowest BCUT2D eigenvalue weighted by Gasteiger charge is -2.30. The number of likely N-dealkylation sites (N-methyl/N-ethyl adjacent to an activating group) is 1. The Morgan fingerprint density at radius 2 is 2.28 bits per heavy atom. The number of rotatable bonds is 5. The van der Waals surface area contributed by atoms with Gasteiger partial charge in [-0.2, -0.15) is 4.98 Å². The van der Waals surface area contributed by atoms with Gasteiger partial charge in [-0.05, 0) is 32.7 Å². The van der Waals surface area contributed by atoms with E-state index in [1.807, 2.05) is 0 Å². The standard InChI is InChI=1S/C13H23N3O2/c1-4-14-9-10(2)11-15-12(16-18-11)13(3)7-5-6-8-17-13/h10,14H,4-9H2,1-3H3. The summed E-state index contributed by atoms with van der Waals surface area (Å²) < 4.78 is 11.2. The lowest BCUT2D eigenvalue weighted by atomic mass is 9.95. The summed E-state index contributed by atoms with van der Waals surface area (Å²) in [4.78, 5) is 4.52. The van der Waals surface area contributed by atoms with Crippen LogP contribution in [-0.4, -0.2) is 29.8 Å². The van der Waals surface area contributed by atoms with Crippen LogP contribution < -0.4 is 5.32 Å². The van der Waals surface area contributed by atoms with E-state index in [2.05, 4.69) is 36.2 Å². The van der Waals surface area contributed by atoms with E-state index in [9.17, 15) is 0 Å². The van der Waals surface area contributed by atoms with E-state index in [1.165, 1.54) is 0 Å². The van der Waals surface area contributed by atoms with Crippen LogP contribution in [-0.2, 0) is 10.3 Å². The van der Waals surface area contributed by atoms with E-state index in [0.717, 1.165) is 39.0 Å². The highest BCUT2D eigenvalue weighted by Gasteiger charge is 2.35. The van der Waals surface area contributed by atoms with E-state index in [-0.39, 0.29) is 11.5 Å². The van der Waals surface area contributed by atoms with E-state index in [1.54, 1.807) is 0 Å². The number of nitrogens with zero attached hydrogens (tertiary/aromatic N) is 2. The molecule has 2 heterocycles. The molecule has 0 radical (unpaired) electrons. The lowest BCUT2D eigenvalue weighted by molar-refractivity contribution is -0.0770. The highest BCUT2D eigenvalue weighted by Crippen LogP contribution is 2.33. The molecule has 0 aliphatic carbocycles. The van der Waals surface area contributed by atoms with Crippen molar-refractivity contribution in [3.05, 3.63) is 11.7 Å². The van der Waals surface area contributed by atoms with Gasteiger partial charge in [-0.1, -0.05) is 19.0 Å². The Kier molecular flexibility index (Phi) is 4.35. The van der Waals surface area contributed by atoms with Gasteiger partial charge >= 0.3 is 0 Å². The zero-order valence-corrected chi connectivity index (χ0v) is 11.5. The third-order valence-electron chi connectivity index (χ3n) is 3.51. The first kappa shape index (κ1) is 13.5. The van der Waals surface area contributed by atoms with Gasteiger partial charge in [0.25, 0.3) is 0 Å². The van der Waals surface area contributed by atoms with Gasteiger partial charge in [-0.3, -0.25) is 0 Å². The van der Waals surface area contributed by atoms with Crippen LogP contribution in [0.25, 0.3) is 0 Å². The average molecular weight is 253 g/mol. The molecule has 2 rings (SSSR count). The predicted molar refractivity (Wildman–Crippen MR) is 68.4 cm³/mol. The van der Waals surface area contributed by atoms with Crippen LogP contribution in [0.15, 0.2) is 4.52 Å². The molecule has 2 unspecified atom stereocenters. The van der Waals surface area contributed by atoms with E-state index >= 15 is 0 Å². The fraction of sp³-hybridized carbons (Fsp3) is 0.846. The van der Waals surface area contributed by atoms with Crippen molar-refractivity contribution >= 4 is 0 Å². The largest absolute Gasteiger partial charge is 0.367 e. The number of ether oxygens (including phenoxy) is 1. The molecule has 1 N–H and O–H groups in total. The first-order valence-electron chi connectivity index (χ1n) is 6.84. The Bertz CT molecular complexity index is 372. The summed E-state index contributed by atoms with van der Waals surface area (Å²) in [6.45, 7) is 8.82. The van der Waals surface area contributed by atoms with Crippen molar-refractivity contribution < 1.29 is 9.26 Å². The average Bonchev–Trinajstić information content (AvgIpc) is 2.87. The smallest absolute Gasteiger partial charge is 0.230 e. The topological polar surface area (TPSA) is 60.2 Å². The summed E-state index contributed by atoms with van der Waals surface area (Å²) in [5, 5.41) is 7.39. The zero-order chi connectivity index (χ0) is 13.0. The minimum Gasteiger partial charge on any atom is -0.367 e. The van der Waals surface area contributed by atoms with Gasteiger partial charge in [0, 0.05) is 19.1 Å². The van der Waals surface area contributed by atoms with Crippen LogP contribution in [0.4, 0.5) is 0 Å². The number of hydrogen-bond donors (Lipinski definition) is 1. The molecular weight excluding hydrogens is 230 g/mol. The summed E-state index contributed by atoms with van der Waals surface area (Å²) in [6, 6.07) is 0. The number of hydrogen-bond acceptors (Lipinski definition) is 5. The molecule has 1 saturated heterocycles. The molecule has 18 heavy (non-hydrogen) atoms. The summed E-state index contributed by atoms with van der Waals surface area (Å²) >= 11 is 0. The molecule has 2 atom stereocenters. The third-order valence-corrected chi connectivity index (χ3v) is 3.51. The summed E-state index contributed by atoms with van der Waals surface area (Å²) in [5.74, 6) is 1.63. The fourth-order valence-electron chi connectivity index (χ4n) is 2.21. The Morgan fingerprint density at radius 3 is 2.94 bits per heavy atom. The third kappa shape index (κ3) is 2.90. The van der Waals surface area contributed by atoms with Gasteiger partial charge in [0.2, 0.25) is 11.7 Å². The second kappa shape index (κ2) is 5.80. The maximum absolute atomic E-state index is 5.83. The summed E-state index contributed by atoms with van der Waals surface area (Å²) in [6.07, 6.45) is 3.25. The van der Waals surface area contributed by atoms with Crippen LogP contribution in [0, 0.1) is 0 Å². The number of nitrogens with one attached hydrogen (secondary N) is 1. The summed E-state index contributed by atoms with van der Waals surface area (Å²) in [5.41, 5.74) is -0.363. The molecule has 0 aromatic carbocycles. The quantitative estimate of drug-likeness (QED) is 0.871. The Hall–Kier alpha value is -0.940. The SMILES string of the molecule is CCNCC(C)c1nc(C2(C)CCCCO2)no1. The molecule has 5 heteroatoms. The van der Waals surface area contributed by atoms with Crippen molar-refractivity contribution in [2.24, 2.45) is 0 Å². The minimum atomic E-state index is -0.363. The highest BCUT2D eigenvalue weighted by atomic mass is 16.5. The molecule has 1 aliphatic heterocycles. The Labute approximate surface area is 108 Å². The molecule has 1 aromatic heterocycles. The molecule has 1 aliphatic rings. The van der Waals surface area contributed by atoms with Gasteiger partial charge in [0.15, 0.2) is 0 Å². The molecule has 0 amide bonds. The lowest BCUT2D eigenvalue weighted by Crippen LogP contribution is -2.31. The summed E-state index contributed by atoms with van der Waals surface area (Å²) in [7, 11) is 0. The normalized spacial score (nSPS) is 26.2. The van der Waals surface area contributed by atoms with Crippen molar-refractivity contribution in [2.75, 3.05) is 19.7 Å². The first-order valence-corrected chi connectivity index (χ1v) is 6.84. The fourth-order valence-corrected chi connectivity index (χ4v) is 2.21. The second-order valence-electron chi connectivity index (χ2n) is 5.20. The maximum atomic E-state index is 5.83. The van der Waals surface area contributed by atoms with Gasteiger partial charge in [-0.15, -0.1) is 0 Å². The molecule has 1 aromatic rings. The van der Waals surface area contributed by atoms with Crippen molar-refractivity contribution in [3.8, 4) is 0 Å². The minimum absolute atomic E-state index is 0.235. The van der Waals surface area contributed by atoms with Gasteiger partial charge in [0.1, 0.15) is 5.60 Å². The van der Waals surface area contributed by atoms with Crippen LogP contribution >= 0.6 is 0 Å². The van der Waals surface area contributed by atoms with Crippen LogP contribution in [0.1, 0.15) is 57.7 Å². The molecule has 0 bridgehead atoms. The van der Waals surface area contributed by atoms with Crippen molar-refractivity contribution in [2.45, 2.75) is 51.6 Å². The second-order valence-corrected chi connectivity index (χ2v) is 5.20. The Balaban J connectivity index is 2.04. The molecular formula is C13H23N3O2. The first-order chi connectivity index (χ1) is 8.65. The zero-order valence-electron chi connectivity index (χ0n) is 11.5. The van der Waals surface area contributed by atoms with Crippen LogP contribution in [0.5, 0.6) is 0 Å². The van der Waals surface area contributed by atoms with E-state index in [4.69, 9.17) is 9.26 Å². The molecule has 102 valence electrons. The van der Waals surface area contributed by atoms with Crippen molar-refractivity contribution in [1.82, 2.24) is 15.5 Å². The van der Waals surface area contributed by atoms with Crippen LogP contribution in [0.2, 0.25) is 0 Å². The van der Waals surface area contributed by atoms with E-state index < -0.39 is 0 Å². The monoisotopic (exact) mass is 253 g/mol. The predicted octanol–water partition coefficient (Wildman–Crippen LogP) is 2.20. The van der Waals surface area contributed by atoms with E-state index in [0.29, 0.717) is 11.7 Å². The van der Waals surface area contributed by atoms with Gasteiger partial charge in [-0.25, -0.2) is 0 Å². The maximum Gasteiger partial charge on any atom is 0.230 e. The molecule has 1 fully saturated rings. The molecule has 0 saturated carbocycles. The van der Waals surface area contributed by atoms with Crippen LogP contribution in [0.3, 0.4) is 0 Å². The Morgan fingerprint density at radius 1 is 1.44 bits per heavy atom. The van der Waals surface area contributed by atoms with Gasteiger partial charge < -0.3 is 14.6 Å². The number of aromatic nitrogens is 2. The van der Waals surface area contributed by atoms with Crippen molar-refractivity contribution in [3.63, 3.8) is 0 Å². The highest BCUT2D eigenvalue weighted by molar-refractivity contribution is 5.03.